The molecule has 0 unspecified atom stereocenters. The lowest BCUT2D eigenvalue weighted by Crippen LogP contribution is -2.23. The Bertz CT molecular complexity index is 502. The van der Waals surface area contributed by atoms with Crippen molar-refractivity contribution in [1.29, 1.82) is 0 Å². The Morgan fingerprint density at radius 1 is 1.21 bits per heavy atom. The largest absolute Gasteiger partial charge is 0.329 e. The van der Waals surface area contributed by atoms with Crippen LogP contribution < -0.4 is 11.3 Å². The highest BCUT2D eigenvalue weighted by Crippen LogP contribution is 2.07. The molecule has 0 fully saturated rings. The van der Waals surface area contributed by atoms with Crippen LogP contribution in [0.25, 0.3) is 10.8 Å². The van der Waals surface area contributed by atoms with E-state index in [9.17, 15) is 4.79 Å². The average molecular weight is 188 g/mol. The van der Waals surface area contributed by atoms with E-state index in [1.165, 1.54) is 0 Å². The molecule has 0 bridgehead atoms. The van der Waals surface area contributed by atoms with E-state index >= 15 is 0 Å². The Hall–Kier alpha value is -1.61. The lowest BCUT2D eigenvalue weighted by atomic mass is 10.2. The van der Waals surface area contributed by atoms with E-state index < -0.39 is 0 Å². The molecule has 0 aliphatic heterocycles. The number of hydrogen-bond acceptors (Lipinski definition) is 2. The second-order valence-corrected chi connectivity index (χ2v) is 3.19. The topological polar surface area (TPSA) is 48.0 Å². The summed E-state index contributed by atoms with van der Waals surface area (Å²) in [5, 5.41) is 1.73. The predicted molar refractivity (Wildman–Crippen MR) is 57.3 cm³/mol. The Morgan fingerprint density at radius 3 is 2.79 bits per heavy atom. The van der Waals surface area contributed by atoms with E-state index in [1.54, 1.807) is 10.8 Å². The van der Waals surface area contributed by atoms with Crippen molar-refractivity contribution < 1.29 is 0 Å². The van der Waals surface area contributed by atoms with Gasteiger partial charge in [0.05, 0.1) is 0 Å². The lowest BCUT2D eigenvalue weighted by molar-refractivity contribution is 0.687. The normalized spacial score (nSPS) is 10.6. The SMILES string of the molecule is NCCn1ccc2ccccc2c1=O. The highest BCUT2D eigenvalue weighted by molar-refractivity contribution is 5.81. The van der Waals surface area contributed by atoms with E-state index in [2.05, 4.69) is 0 Å². The quantitative estimate of drug-likeness (QED) is 0.763. The molecule has 2 aromatic rings. The third-order valence-corrected chi connectivity index (χ3v) is 2.26. The van der Waals surface area contributed by atoms with Gasteiger partial charge in [0, 0.05) is 24.7 Å². The second kappa shape index (κ2) is 3.64. The van der Waals surface area contributed by atoms with Crippen LogP contribution in [-0.2, 0) is 6.54 Å². The molecule has 0 aliphatic carbocycles. The van der Waals surface area contributed by atoms with Crippen molar-refractivity contribution in [3.8, 4) is 0 Å². The fourth-order valence-electron chi connectivity index (χ4n) is 1.54. The summed E-state index contributed by atoms with van der Waals surface area (Å²) in [4.78, 5) is 11.8. The number of fused-ring (bicyclic) bond motifs is 1. The van der Waals surface area contributed by atoms with E-state index in [-0.39, 0.29) is 5.56 Å². The molecule has 0 amide bonds. The minimum Gasteiger partial charge on any atom is -0.329 e. The molecule has 0 saturated heterocycles. The van der Waals surface area contributed by atoms with Gasteiger partial charge in [-0.05, 0) is 17.5 Å². The summed E-state index contributed by atoms with van der Waals surface area (Å²) in [6, 6.07) is 9.51. The highest BCUT2D eigenvalue weighted by Gasteiger charge is 1.99. The maximum atomic E-state index is 11.8. The van der Waals surface area contributed by atoms with Gasteiger partial charge in [-0.2, -0.15) is 0 Å². The van der Waals surface area contributed by atoms with Gasteiger partial charge in [-0.3, -0.25) is 4.79 Å². The molecule has 14 heavy (non-hydrogen) atoms. The molecule has 1 aromatic heterocycles. The molecule has 0 aliphatic rings. The third kappa shape index (κ3) is 1.42. The van der Waals surface area contributed by atoms with Crippen molar-refractivity contribution >= 4 is 10.8 Å². The summed E-state index contributed by atoms with van der Waals surface area (Å²) in [5.41, 5.74) is 5.45. The highest BCUT2D eigenvalue weighted by atomic mass is 16.1. The van der Waals surface area contributed by atoms with Crippen LogP contribution in [0.3, 0.4) is 0 Å². The van der Waals surface area contributed by atoms with Gasteiger partial charge in [-0.1, -0.05) is 18.2 Å². The maximum absolute atomic E-state index is 11.8. The zero-order chi connectivity index (χ0) is 9.97. The number of rotatable bonds is 2. The van der Waals surface area contributed by atoms with E-state index in [1.807, 2.05) is 30.3 Å². The fourth-order valence-corrected chi connectivity index (χ4v) is 1.54. The zero-order valence-electron chi connectivity index (χ0n) is 7.81. The lowest BCUT2D eigenvalue weighted by Gasteiger charge is -2.04. The number of nitrogens with two attached hydrogens (primary N) is 1. The third-order valence-electron chi connectivity index (χ3n) is 2.26. The molecule has 0 atom stereocenters. The minimum absolute atomic E-state index is 0.0357. The van der Waals surface area contributed by atoms with E-state index in [0.29, 0.717) is 13.1 Å². The van der Waals surface area contributed by atoms with Crippen molar-refractivity contribution in [3.63, 3.8) is 0 Å². The molecular weight excluding hydrogens is 176 g/mol. The minimum atomic E-state index is 0.0357. The zero-order valence-corrected chi connectivity index (χ0v) is 7.81. The first-order valence-electron chi connectivity index (χ1n) is 4.61. The average Bonchev–Trinajstić information content (AvgIpc) is 2.23. The van der Waals surface area contributed by atoms with Crippen LogP contribution in [-0.4, -0.2) is 11.1 Å². The van der Waals surface area contributed by atoms with Crippen LogP contribution in [0.15, 0.2) is 41.3 Å². The molecule has 1 heterocycles. The molecule has 2 N–H and O–H groups in total. The summed E-state index contributed by atoms with van der Waals surface area (Å²) in [6.07, 6.45) is 1.79. The standard InChI is InChI=1S/C11H12N2O/c12-6-8-13-7-5-9-3-1-2-4-10(9)11(13)14/h1-5,7H,6,8,12H2. The summed E-state index contributed by atoms with van der Waals surface area (Å²) < 4.78 is 1.64. The van der Waals surface area contributed by atoms with Crippen LogP contribution in [0.5, 0.6) is 0 Å². The van der Waals surface area contributed by atoms with E-state index in [0.717, 1.165) is 10.8 Å². The first-order chi connectivity index (χ1) is 6.83. The molecule has 2 rings (SSSR count). The summed E-state index contributed by atoms with van der Waals surface area (Å²) in [6.45, 7) is 1.06. The molecule has 72 valence electrons. The Kier molecular flexibility index (Phi) is 2.33. The smallest absolute Gasteiger partial charge is 0.258 e. The van der Waals surface area contributed by atoms with Crippen molar-refractivity contribution in [2.45, 2.75) is 6.54 Å². The first-order valence-corrected chi connectivity index (χ1v) is 4.61. The van der Waals surface area contributed by atoms with Gasteiger partial charge in [-0.15, -0.1) is 0 Å². The summed E-state index contributed by atoms with van der Waals surface area (Å²) >= 11 is 0. The van der Waals surface area contributed by atoms with Gasteiger partial charge >= 0.3 is 0 Å². The molecule has 1 aromatic carbocycles. The molecule has 0 spiro atoms. The number of benzene rings is 1. The first kappa shape index (κ1) is 8.97. The van der Waals surface area contributed by atoms with Crippen LogP contribution in [0.4, 0.5) is 0 Å². The number of aromatic nitrogens is 1. The monoisotopic (exact) mass is 188 g/mol. The Morgan fingerprint density at radius 2 is 2.00 bits per heavy atom. The van der Waals surface area contributed by atoms with Crippen LogP contribution in [0.1, 0.15) is 0 Å². The maximum Gasteiger partial charge on any atom is 0.258 e. The number of hydrogen-bond donors (Lipinski definition) is 1. The predicted octanol–water partition coefficient (Wildman–Crippen LogP) is 0.960. The molecule has 3 heteroatoms. The molecule has 3 nitrogen and oxygen atoms in total. The van der Waals surface area contributed by atoms with Crippen molar-refractivity contribution in [2.24, 2.45) is 5.73 Å². The van der Waals surface area contributed by atoms with Crippen molar-refractivity contribution in [2.75, 3.05) is 6.54 Å². The van der Waals surface area contributed by atoms with Crippen molar-refractivity contribution in [3.05, 3.63) is 46.9 Å². The van der Waals surface area contributed by atoms with Gasteiger partial charge in [0.15, 0.2) is 0 Å². The molecular formula is C11H12N2O. The van der Waals surface area contributed by atoms with E-state index in [4.69, 9.17) is 5.73 Å². The number of pyridine rings is 1. The fraction of sp³-hybridized carbons (Fsp3) is 0.182. The van der Waals surface area contributed by atoms with Gasteiger partial charge in [0.2, 0.25) is 0 Å². The van der Waals surface area contributed by atoms with Gasteiger partial charge in [0.25, 0.3) is 5.56 Å². The Balaban J connectivity index is 2.69. The summed E-state index contributed by atoms with van der Waals surface area (Å²) in [7, 11) is 0. The molecule has 0 radical (unpaired) electrons. The van der Waals surface area contributed by atoms with Crippen molar-refractivity contribution in [1.82, 2.24) is 4.57 Å². The van der Waals surface area contributed by atoms with Crippen LogP contribution in [0, 0.1) is 0 Å². The van der Waals surface area contributed by atoms with Gasteiger partial charge in [-0.25, -0.2) is 0 Å². The van der Waals surface area contributed by atoms with Crippen LogP contribution >= 0.6 is 0 Å². The van der Waals surface area contributed by atoms with Gasteiger partial charge in [0.1, 0.15) is 0 Å². The molecule has 0 saturated carbocycles. The van der Waals surface area contributed by atoms with Gasteiger partial charge < -0.3 is 10.3 Å². The summed E-state index contributed by atoms with van der Waals surface area (Å²) in [5.74, 6) is 0. The Labute approximate surface area is 81.8 Å². The second-order valence-electron chi connectivity index (χ2n) is 3.19. The van der Waals surface area contributed by atoms with Crippen LogP contribution in [0.2, 0.25) is 0 Å². The number of nitrogens with zero attached hydrogens (tertiary/aromatic N) is 1.